The van der Waals surface area contributed by atoms with E-state index in [1.807, 2.05) is 159 Å². The lowest BCUT2D eigenvalue weighted by Gasteiger charge is -2.19. The van der Waals surface area contributed by atoms with Gasteiger partial charge in [0.05, 0.1) is 36.0 Å². The van der Waals surface area contributed by atoms with Crippen LogP contribution in [0.2, 0.25) is 0 Å². The van der Waals surface area contributed by atoms with Crippen LogP contribution < -0.4 is 21.3 Å². The third kappa shape index (κ3) is 14.4. The topological polar surface area (TPSA) is 179 Å². The van der Waals surface area contributed by atoms with Crippen LogP contribution in [0.15, 0.2) is 204 Å². The summed E-state index contributed by atoms with van der Waals surface area (Å²) in [5.41, 5.74) is 12.9. The average molecular weight is 1030 g/mol. The lowest BCUT2D eigenvalue weighted by Crippen LogP contribution is -2.33. The summed E-state index contributed by atoms with van der Waals surface area (Å²) >= 11 is 0. The van der Waals surface area contributed by atoms with Crippen molar-refractivity contribution in [2.75, 3.05) is 23.7 Å². The third-order valence-electron chi connectivity index (χ3n) is 13.6. The van der Waals surface area contributed by atoms with E-state index in [2.05, 4.69) is 31.3 Å². The Hall–Kier alpha value is -8.62. The number of aliphatic imine (C=N–C) groups is 2. The summed E-state index contributed by atoms with van der Waals surface area (Å²) in [5, 5.41) is 34.1. The van der Waals surface area contributed by atoms with Crippen LogP contribution >= 0.6 is 0 Å². The summed E-state index contributed by atoms with van der Waals surface area (Å²) in [5.74, 6) is 0.575. The fraction of sp³-hybridized carbons (Fsp3) is 0.188. The van der Waals surface area contributed by atoms with Crippen LogP contribution in [-0.4, -0.2) is 64.5 Å². The molecule has 8 aromatic rings. The number of carbonyl (C=O) groups excluding carboxylic acids is 2. The molecule has 0 fully saturated rings. The van der Waals surface area contributed by atoms with Crippen LogP contribution in [0.3, 0.4) is 0 Å². The zero-order valence-electron chi connectivity index (χ0n) is 42.9. The molecule has 0 heterocycles. The highest BCUT2D eigenvalue weighted by Gasteiger charge is 2.34. The van der Waals surface area contributed by atoms with Crippen molar-refractivity contribution in [1.82, 2.24) is 10.6 Å². The summed E-state index contributed by atoms with van der Waals surface area (Å²) in [7, 11) is 0. The van der Waals surface area contributed by atoms with E-state index in [0.717, 1.165) is 91.5 Å². The summed E-state index contributed by atoms with van der Waals surface area (Å²) in [6.07, 6.45) is 1.01. The van der Waals surface area contributed by atoms with E-state index in [4.69, 9.17) is 0 Å². The summed E-state index contributed by atoms with van der Waals surface area (Å²) < 4.78 is 26.2. The van der Waals surface area contributed by atoms with Crippen LogP contribution in [0.1, 0.15) is 80.0 Å². The van der Waals surface area contributed by atoms with Gasteiger partial charge in [0.1, 0.15) is 11.6 Å². The molecule has 392 valence electrons. The Morgan fingerprint density at radius 1 is 0.481 bits per heavy atom. The third-order valence-corrected chi connectivity index (χ3v) is 13.6. The normalized spacial score (nSPS) is 16.4. The van der Waals surface area contributed by atoms with Crippen LogP contribution in [0.25, 0.3) is 22.3 Å². The lowest BCUT2D eigenvalue weighted by atomic mass is 10.0. The Kier molecular flexibility index (Phi) is 18.3. The standard InChI is InChI=1S/2C32H30FN3O2.H2O/c2*1-21(34-18-17-22-7-14-27(33)15-8-22)35-28-16-13-26-19-30(37)31(29(26)20-28)36-32(38)25-11-9-24(10-12-25)23-5-3-2-4-6-23;/h2*2-16,20,30-31,37H,17-19H2,1H3,(H,34,35)(H,36,38);1H2/t2*30-,31-;/m11./s1. The van der Waals surface area contributed by atoms with E-state index in [1.54, 1.807) is 24.3 Å². The van der Waals surface area contributed by atoms with Crippen LogP contribution in [0.4, 0.5) is 20.2 Å². The zero-order valence-corrected chi connectivity index (χ0v) is 42.9. The summed E-state index contributed by atoms with van der Waals surface area (Å²) in [4.78, 5) is 35.2. The second kappa shape index (κ2) is 25.7. The quantitative estimate of drug-likeness (QED) is 0.0466. The number of amidine groups is 2. The molecular weight excluding hydrogens is 971 g/mol. The number of aliphatic hydroxyl groups is 2. The first-order valence-corrected chi connectivity index (χ1v) is 25.5. The van der Waals surface area contributed by atoms with E-state index in [9.17, 15) is 28.6 Å². The molecule has 77 heavy (non-hydrogen) atoms. The minimum absolute atomic E-state index is 0. The maximum absolute atomic E-state index is 13.1. The summed E-state index contributed by atoms with van der Waals surface area (Å²) in [6, 6.07) is 58.7. The fourth-order valence-electron chi connectivity index (χ4n) is 9.59. The van der Waals surface area contributed by atoms with Crippen molar-refractivity contribution in [3.63, 3.8) is 0 Å². The molecule has 0 saturated heterocycles. The molecule has 8 N–H and O–H groups in total. The van der Waals surface area contributed by atoms with Gasteiger partial charge in [0.15, 0.2) is 0 Å². The number of aliphatic hydroxyl groups excluding tert-OH is 2. The molecule has 0 radical (unpaired) electrons. The Morgan fingerprint density at radius 2 is 0.831 bits per heavy atom. The molecule has 11 nitrogen and oxygen atoms in total. The largest absolute Gasteiger partial charge is 0.412 e. The van der Waals surface area contributed by atoms with Gasteiger partial charge in [-0.2, -0.15) is 0 Å². The highest BCUT2D eigenvalue weighted by molar-refractivity contribution is 5.97. The molecule has 0 saturated carbocycles. The first kappa shape index (κ1) is 54.6. The highest BCUT2D eigenvalue weighted by atomic mass is 19.1. The Balaban J connectivity index is 0.000000201. The number of amides is 2. The number of fused-ring (bicyclic) bond motifs is 2. The number of halogens is 2. The average Bonchev–Trinajstić information content (AvgIpc) is 3.92. The van der Waals surface area contributed by atoms with Crippen molar-refractivity contribution in [2.24, 2.45) is 9.98 Å². The van der Waals surface area contributed by atoms with E-state index < -0.39 is 24.3 Å². The molecule has 4 atom stereocenters. The van der Waals surface area contributed by atoms with Gasteiger partial charge < -0.3 is 37.0 Å². The minimum Gasteiger partial charge on any atom is -0.412 e. The van der Waals surface area contributed by atoms with Crippen LogP contribution in [-0.2, 0) is 25.7 Å². The van der Waals surface area contributed by atoms with Crippen molar-refractivity contribution in [2.45, 2.75) is 63.8 Å². The number of nitrogens with one attached hydrogen (secondary N) is 4. The van der Waals surface area contributed by atoms with Crippen molar-refractivity contribution in [3.8, 4) is 22.3 Å². The lowest BCUT2D eigenvalue weighted by molar-refractivity contribution is 0.0854. The highest BCUT2D eigenvalue weighted by Crippen LogP contribution is 2.36. The van der Waals surface area contributed by atoms with E-state index in [0.29, 0.717) is 37.1 Å². The Bertz CT molecular complexity index is 3100. The maximum Gasteiger partial charge on any atom is 0.251 e. The molecule has 2 amide bonds. The molecular formula is C64H62F2N6O5. The second-order valence-corrected chi connectivity index (χ2v) is 19.1. The first-order chi connectivity index (χ1) is 36.9. The van der Waals surface area contributed by atoms with Gasteiger partial charge in [-0.05, 0) is 155 Å². The van der Waals surface area contributed by atoms with Gasteiger partial charge >= 0.3 is 0 Å². The molecule has 0 unspecified atom stereocenters. The molecule has 2 aliphatic carbocycles. The Labute approximate surface area is 447 Å². The number of benzene rings is 8. The van der Waals surface area contributed by atoms with Gasteiger partial charge in [0.25, 0.3) is 11.8 Å². The summed E-state index contributed by atoms with van der Waals surface area (Å²) in [6.45, 7) is 4.95. The van der Waals surface area contributed by atoms with Gasteiger partial charge in [0, 0.05) is 48.4 Å². The monoisotopic (exact) mass is 1030 g/mol. The number of nitrogens with zero attached hydrogens (tertiary/aromatic N) is 2. The SMILES string of the molecule is CC(=NCCc1ccc(F)cc1)Nc1ccc2c(c1)[C@@H](NC(=O)c1ccc(-c3ccccc3)cc1)[C@H](O)C2.CC(=NCCc1ccc(F)cc1)Nc1ccc2c(c1)[C@@H](NC(=O)c1ccc(-c3ccccc3)cc1)[C@H](O)C2.O. The maximum atomic E-state index is 13.1. The van der Waals surface area contributed by atoms with Gasteiger partial charge in [-0.15, -0.1) is 0 Å². The number of hydrogen-bond acceptors (Lipinski definition) is 6. The molecule has 10 rings (SSSR count). The van der Waals surface area contributed by atoms with Crippen molar-refractivity contribution >= 4 is 34.9 Å². The number of rotatable bonds is 14. The van der Waals surface area contributed by atoms with E-state index in [1.165, 1.54) is 24.3 Å². The van der Waals surface area contributed by atoms with Gasteiger partial charge in [-0.3, -0.25) is 19.6 Å². The molecule has 0 spiro atoms. The fourth-order valence-corrected chi connectivity index (χ4v) is 9.59. The molecule has 0 aromatic heterocycles. The molecule has 0 bridgehead atoms. The van der Waals surface area contributed by atoms with Crippen molar-refractivity contribution < 1.29 is 34.1 Å². The molecule has 13 heteroatoms. The van der Waals surface area contributed by atoms with Gasteiger partial charge in [0.2, 0.25) is 0 Å². The first-order valence-electron chi connectivity index (χ1n) is 25.5. The predicted octanol–water partition coefficient (Wildman–Crippen LogP) is 11.1. The Morgan fingerprint density at radius 3 is 1.19 bits per heavy atom. The molecule has 0 aliphatic heterocycles. The van der Waals surface area contributed by atoms with Gasteiger partial charge in [-0.1, -0.05) is 121 Å². The smallest absolute Gasteiger partial charge is 0.251 e. The molecule has 8 aromatic carbocycles. The van der Waals surface area contributed by atoms with Crippen molar-refractivity contribution in [1.29, 1.82) is 0 Å². The zero-order chi connectivity index (χ0) is 53.0. The minimum atomic E-state index is -0.696. The number of hydrogen-bond donors (Lipinski definition) is 6. The van der Waals surface area contributed by atoms with Crippen molar-refractivity contribution in [3.05, 3.63) is 250 Å². The van der Waals surface area contributed by atoms with Crippen LogP contribution in [0.5, 0.6) is 0 Å². The predicted molar refractivity (Wildman–Crippen MR) is 303 cm³/mol. The second-order valence-electron chi connectivity index (χ2n) is 19.1. The van der Waals surface area contributed by atoms with E-state index >= 15 is 0 Å². The van der Waals surface area contributed by atoms with Gasteiger partial charge in [-0.25, -0.2) is 8.78 Å². The molecule has 2 aliphatic rings. The number of anilines is 2. The van der Waals surface area contributed by atoms with E-state index in [-0.39, 0.29) is 28.9 Å². The van der Waals surface area contributed by atoms with Crippen LogP contribution in [0, 0.1) is 11.6 Å². The number of carbonyl (C=O) groups is 2.